The standard InChI is InChI=1S/C13H14O2/c1-8-10-7-6-9-4-2-3-5-11(9)12(10)15-13(8)14/h2-5,8,10,12H,6-7H2,1H3/t8-,10-,12+/m1/s1. The molecule has 2 aliphatic rings. The summed E-state index contributed by atoms with van der Waals surface area (Å²) in [4.78, 5) is 11.5. The zero-order valence-corrected chi connectivity index (χ0v) is 8.77. The Labute approximate surface area is 89.2 Å². The van der Waals surface area contributed by atoms with E-state index in [2.05, 4.69) is 18.2 Å². The molecule has 1 aliphatic carbocycles. The van der Waals surface area contributed by atoms with E-state index in [0.29, 0.717) is 5.92 Å². The van der Waals surface area contributed by atoms with Crippen molar-refractivity contribution in [3.63, 3.8) is 0 Å². The number of aryl methyl sites for hydroxylation is 1. The molecule has 0 aromatic heterocycles. The van der Waals surface area contributed by atoms with Crippen molar-refractivity contribution >= 4 is 5.97 Å². The number of fused-ring (bicyclic) bond motifs is 3. The molecule has 0 N–H and O–H groups in total. The van der Waals surface area contributed by atoms with Gasteiger partial charge in [-0.1, -0.05) is 31.2 Å². The fourth-order valence-corrected chi connectivity index (χ4v) is 2.81. The lowest BCUT2D eigenvalue weighted by Crippen LogP contribution is -2.20. The molecule has 0 bridgehead atoms. The average Bonchev–Trinajstić information content (AvgIpc) is 2.56. The van der Waals surface area contributed by atoms with E-state index in [4.69, 9.17) is 4.74 Å². The number of esters is 1. The van der Waals surface area contributed by atoms with Crippen LogP contribution in [0.5, 0.6) is 0 Å². The third-order valence-corrected chi connectivity index (χ3v) is 3.75. The summed E-state index contributed by atoms with van der Waals surface area (Å²) in [6, 6.07) is 8.32. The molecule has 1 heterocycles. The molecule has 1 aromatic rings. The zero-order valence-electron chi connectivity index (χ0n) is 8.77. The summed E-state index contributed by atoms with van der Waals surface area (Å²) in [7, 11) is 0. The van der Waals surface area contributed by atoms with E-state index in [9.17, 15) is 4.79 Å². The van der Waals surface area contributed by atoms with Crippen molar-refractivity contribution in [2.24, 2.45) is 11.8 Å². The van der Waals surface area contributed by atoms with E-state index in [1.807, 2.05) is 13.0 Å². The molecule has 2 nitrogen and oxygen atoms in total. The zero-order chi connectivity index (χ0) is 10.4. The molecule has 78 valence electrons. The summed E-state index contributed by atoms with van der Waals surface area (Å²) in [5.74, 6) is 0.442. The molecule has 0 amide bonds. The first kappa shape index (κ1) is 8.96. The molecule has 1 aliphatic heterocycles. The van der Waals surface area contributed by atoms with Crippen LogP contribution in [0.3, 0.4) is 0 Å². The second kappa shape index (κ2) is 3.09. The molecular formula is C13H14O2. The molecule has 15 heavy (non-hydrogen) atoms. The van der Waals surface area contributed by atoms with Crippen LogP contribution in [0.2, 0.25) is 0 Å². The molecule has 0 spiro atoms. The highest BCUT2D eigenvalue weighted by Crippen LogP contribution is 2.46. The summed E-state index contributed by atoms with van der Waals surface area (Å²) < 4.78 is 5.47. The van der Waals surface area contributed by atoms with Gasteiger partial charge in [0.2, 0.25) is 0 Å². The molecule has 1 aromatic carbocycles. The Balaban J connectivity index is 2.05. The van der Waals surface area contributed by atoms with Crippen LogP contribution < -0.4 is 0 Å². The Bertz CT molecular complexity index is 411. The Kier molecular flexibility index (Phi) is 1.84. The third kappa shape index (κ3) is 1.21. The smallest absolute Gasteiger partial charge is 0.309 e. The fourth-order valence-electron chi connectivity index (χ4n) is 2.81. The summed E-state index contributed by atoms with van der Waals surface area (Å²) in [6.45, 7) is 1.99. The van der Waals surface area contributed by atoms with E-state index in [1.165, 1.54) is 11.1 Å². The third-order valence-electron chi connectivity index (χ3n) is 3.75. The van der Waals surface area contributed by atoms with Crippen molar-refractivity contribution in [2.45, 2.75) is 25.9 Å². The largest absolute Gasteiger partial charge is 0.457 e. The minimum absolute atomic E-state index is 0.0254. The molecule has 1 saturated heterocycles. The fraction of sp³-hybridized carbons (Fsp3) is 0.462. The maximum absolute atomic E-state index is 11.5. The van der Waals surface area contributed by atoms with Gasteiger partial charge < -0.3 is 4.74 Å². The van der Waals surface area contributed by atoms with Crippen molar-refractivity contribution in [1.82, 2.24) is 0 Å². The van der Waals surface area contributed by atoms with Crippen LogP contribution >= 0.6 is 0 Å². The minimum atomic E-state index is -0.0262. The normalized spacial score (nSPS) is 33.1. The molecule has 0 unspecified atom stereocenters. The Morgan fingerprint density at radius 1 is 1.33 bits per heavy atom. The van der Waals surface area contributed by atoms with Gasteiger partial charge >= 0.3 is 5.97 Å². The molecule has 3 rings (SSSR count). The van der Waals surface area contributed by atoms with Crippen LogP contribution in [-0.4, -0.2) is 5.97 Å². The van der Waals surface area contributed by atoms with Crippen LogP contribution in [-0.2, 0) is 16.0 Å². The number of benzene rings is 1. The molecule has 2 heteroatoms. The van der Waals surface area contributed by atoms with Gasteiger partial charge in [-0.25, -0.2) is 0 Å². The Morgan fingerprint density at radius 2 is 2.13 bits per heavy atom. The van der Waals surface area contributed by atoms with E-state index < -0.39 is 0 Å². The maximum atomic E-state index is 11.5. The quantitative estimate of drug-likeness (QED) is 0.604. The predicted molar refractivity (Wildman–Crippen MR) is 56.3 cm³/mol. The van der Waals surface area contributed by atoms with Crippen molar-refractivity contribution in [1.29, 1.82) is 0 Å². The highest BCUT2D eigenvalue weighted by molar-refractivity contribution is 5.75. The van der Waals surface area contributed by atoms with Gasteiger partial charge in [0.25, 0.3) is 0 Å². The lowest BCUT2D eigenvalue weighted by Gasteiger charge is -2.27. The van der Waals surface area contributed by atoms with Crippen LogP contribution in [0.4, 0.5) is 0 Å². The molecular weight excluding hydrogens is 188 g/mol. The van der Waals surface area contributed by atoms with Gasteiger partial charge in [-0.05, 0) is 24.0 Å². The van der Waals surface area contributed by atoms with Crippen LogP contribution in [0.1, 0.15) is 30.6 Å². The SMILES string of the molecule is C[C@H]1C(=O)O[C@@H]2c3ccccc3CC[C@@H]21. The lowest BCUT2D eigenvalue weighted by molar-refractivity contribution is -0.144. The van der Waals surface area contributed by atoms with Crippen molar-refractivity contribution in [2.75, 3.05) is 0 Å². The number of hydrogen-bond donors (Lipinski definition) is 0. The Morgan fingerprint density at radius 3 is 3.00 bits per heavy atom. The summed E-state index contributed by atoms with van der Waals surface area (Å²) >= 11 is 0. The van der Waals surface area contributed by atoms with Gasteiger partial charge in [-0.2, -0.15) is 0 Å². The van der Waals surface area contributed by atoms with E-state index in [1.54, 1.807) is 0 Å². The van der Waals surface area contributed by atoms with Gasteiger partial charge in [0.1, 0.15) is 6.10 Å². The highest BCUT2D eigenvalue weighted by atomic mass is 16.6. The van der Waals surface area contributed by atoms with Crippen molar-refractivity contribution < 1.29 is 9.53 Å². The molecule has 1 fully saturated rings. The monoisotopic (exact) mass is 202 g/mol. The second-order valence-corrected chi connectivity index (χ2v) is 4.55. The number of carbonyl (C=O) groups is 1. The first-order valence-electron chi connectivity index (χ1n) is 5.55. The van der Waals surface area contributed by atoms with Crippen LogP contribution in [0, 0.1) is 11.8 Å². The summed E-state index contributed by atoms with van der Waals surface area (Å²) in [6.07, 6.45) is 2.19. The van der Waals surface area contributed by atoms with E-state index >= 15 is 0 Å². The number of hydrogen-bond acceptors (Lipinski definition) is 2. The first-order valence-corrected chi connectivity index (χ1v) is 5.55. The number of ether oxygens (including phenoxy) is 1. The summed E-state index contributed by atoms with van der Waals surface area (Å²) in [5.41, 5.74) is 2.58. The Hall–Kier alpha value is -1.31. The molecule has 3 atom stereocenters. The average molecular weight is 202 g/mol. The maximum Gasteiger partial charge on any atom is 0.309 e. The van der Waals surface area contributed by atoms with Crippen LogP contribution in [0.15, 0.2) is 24.3 Å². The predicted octanol–water partition coefficient (Wildman–Crippen LogP) is 2.48. The van der Waals surface area contributed by atoms with Crippen LogP contribution in [0.25, 0.3) is 0 Å². The number of carbonyl (C=O) groups excluding carboxylic acids is 1. The molecule has 0 radical (unpaired) electrons. The first-order chi connectivity index (χ1) is 7.27. The molecule has 0 saturated carbocycles. The van der Waals surface area contributed by atoms with Gasteiger partial charge in [0.15, 0.2) is 0 Å². The lowest BCUT2D eigenvalue weighted by atomic mass is 9.77. The van der Waals surface area contributed by atoms with Gasteiger partial charge in [0.05, 0.1) is 5.92 Å². The topological polar surface area (TPSA) is 26.3 Å². The van der Waals surface area contributed by atoms with Gasteiger partial charge in [-0.15, -0.1) is 0 Å². The summed E-state index contributed by atoms with van der Waals surface area (Å²) in [5, 5.41) is 0. The van der Waals surface area contributed by atoms with Crippen molar-refractivity contribution in [3.05, 3.63) is 35.4 Å². The second-order valence-electron chi connectivity index (χ2n) is 4.55. The van der Waals surface area contributed by atoms with Gasteiger partial charge in [-0.3, -0.25) is 4.79 Å². The number of rotatable bonds is 0. The van der Waals surface area contributed by atoms with Gasteiger partial charge in [0, 0.05) is 5.92 Å². The minimum Gasteiger partial charge on any atom is -0.457 e. The van der Waals surface area contributed by atoms with E-state index in [0.717, 1.165) is 12.8 Å². The van der Waals surface area contributed by atoms with Crippen molar-refractivity contribution in [3.8, 4) is 0 Å². The van der Waals surface area contributed by atoms with E-state index in [-0.39, 0.29) is 18.0 Å². The highest BCUT2D eigenvalue weighted by Gasteiger charge is 2.44.